The normalized spacial score (nSPS) is 19.8. The highest BCUT2D eigenvalue weighted by molar-refractivity contribution is 5.92. The molecule has 0 saturated heterocycles. The molecule has 0 spiro atoms. The molecule has 178 valence electrons. The Balaban J connectivity index is 0.00000153. The molecule has 1 aliphatic heterocycles. The van der Waals surface area contributed by atoms with Crippen LogP contribution in [0.2, 0.25) is 0 Å². The Labute approximate surface area is 205 Å². The lowest BCUT2D eigenvalue weighted by Gasteiger charge is -2.26. The Morgan fingerprint density at radius 1 is 1.18 bits per heavy atom. The van der Waals surface area contributed by atoms with Crippen molar-refractivity contribution in [1.82, 2.24) is 29.9 Å². The Hall–Kier alpha value is -2.49. The first-order valence-corrected chi connectivity index (χ1v) is 11.0. The van der Waals surface area contributed by atoms with E-state index in [-0.39, 0.29) is 42.8 Å². The van der Waals surface area contributed by atoms with Crippen LogP contribution >= 0.6 is 24.8 Å². The van der Waals surface area contributed by atoms with Gasteiger partial charge in [-0.1, -0.05) is 11.3 Å². The van der Waals surface area contributed by atoms with E-state index in [1.54, 1.807) is 17.3 Å². The predicted octanol–water partition coefficient (Wildman–Crippen LogP) is 2.93. The average molecular weight is 494 g/mol. The Morgan fingerprint density at radius 2 is 2.00 bits per heavy atom. The standard InChI is InChI=1S/C22H27N7O2.2ClH/c23-16-4-6-17(7-5-16)29-14-19(26-27-29)22(30)28-11-9-20-18(13-28)25-21(31-20)8-3-15-2-1-10-24-12-15;;/h1-2,10,12,14,16-17H,3-9,11,13,23H2;2*1H. The maximum Gasteiger partial charge on any atom is 0.276 e. The van der Waals surface area contributed by atoms with Crippen LogP contribution in [0.25, 0.3) is 0 Å². The van der Waals surface area contributed by atoms with Crippen molar-refractivity contribution in [2.45, 2.75) is 63.6 Å². The van der Waals surface area contributed by atoms with Crippen LogP contribution in [0.3, 0.4) is 0 Å². The first-order chi connectivity index (χ1) is 15.2. The van der Waals surface area contributed by atoms with Crippen molar-refractivity contribution >= 4 is 30.7 Å². The van der Waals surface area contributed by atoms with E-state index in [4.69, 9.17) is 10.2 Å². The van der Waals surface area contributed by atoms with Gasteiger partial charge in [0, 0.05) is 37.8 Å². The molecular formula is C22H29Cl2N7O2. The van der Waals surface area contributed by atoms with Gasteiger partial charge < -0.3 is 15.1 Å². The van der Waals surface area contributed by atoms with Gasteiger partial charge in [0.25, 0.3) is 5.91 Å². The summed E-state index contributed by atoms with van der Waals surface area (Å²) < 4.78 is 7.78. The van der Waals surface area contributed by atoms with Crippen molar-refractivity contribution in [3.63, 3.8) is 0 Å². The minimum absolute atomic E-state index is 0. The molecule has 0 radical (unpaired) electrons. The number of oxazole rings is 1. The molecule has 0 aromatic carbocycles. The van der Waals surface area contributed by atoms with Crippen LogP contribution in [0.5, 0.6) is 0 Å². The SMILES string of the molecule is Cl.Cl.NC1CCC(n2cc(C(=O)N3CCc4oc(CCc5cccnc5)nc4C3)nn2)CC1. The number of amides is 1. The monoisotopic (exact) mass is 493 g/mol. The van der Waals surface area contributed by atoms with Crippen molar-refractivity contribution < 1.29 is 9.21 Å². The summed E-state index contributed by atoms with van der Waals surface area (Å²) in [5.41, 5.74) is 8.37. The smallest absolute Gasteiger partial charge is 0.276 e. The third-order valence-electron chi connectivity index (χ3n) is 6.25. The molecule has 1 aliphatic carbocycles. The number of aryl methyl sites for hydroxylation is 2. The van der Waals surface area contributed by atoms with E-state index >= 15 is 0 Å². The van der Waals surface area contributed by atoms with Gasteiger partial charge in [0.05, 0.1) is 18.8 Å². The number of nitrogens with zero attached hydrogens (tertiary/aromatic N) is 6. The van der Waals surface area contributed by atoms with E-state index < -0.39 is 0 Å². The van der Waals surface area contributed by atoms with E-state index in [2.05, 4.69) is 20.3 Å². The number of aromatic nitrogens is 5. The fourth-order valence-electron chi connectivity index (χ4n) is 4.41. The highest BCUT2D eigenvalue weighted by atomic mass is 35.5. The zero-order chi connectivity index (χ0) is 21.2. The number of nitrogens with two attached hydrogens (primary N) is 1. The van der Waals surface area contributed by atoms with E-state index in [0.717, 1.165) is 49.1 Å². The summed E-state index contributed by atoms with van der Waals surface area (Å²) in [5, 5.41) is 8.37. The number of halogens is 2. The fourth-order valence-corrected chi connectivity index (χ4v) is 4.41. The van der Waals surface area contributed by atoms with Crippen molar-refractivity contribution in [1.29, 1.82) is 0 Å². The van der Waals surface area contributed by atoms with Crippen molar-refractivity contribution in [3.8, 4) is 0 Å². The third-order valence-corrected chi connectivity index (χ3v) is 6.25. The van der Waals surface area contributed by atoms with Gasteiger partial charge in [-0.2, -0.15) is 0 Å². The zero-order valence-corrected chi connectivity index (χ0v) is 19.9. The summed E-state index contributed by atoms with van der Waals surface area (Å²) in [5.74, 6) is 1.49. The number of hydrogen-bond acceptors (Lipinski definition) is 7. The number of hydrogen-bond donors (Lipinski definition) is 1. The lowest BCUT2D eigenvalue weighted by molar-refractivity contribution is 0.0721. The number of fused-ring (bicyclic) bond motifs is 1. The van der Waals surface area contributed by atoms with Crippen LogP contribution in [0.4, 0.5) is 0 Å². The molecule has 1 saturated carbocycles. The second kappa shape index (κ2) is 11.1. The van der Waals surface area contributed by atoms with Gasteiger partial charge in [-0.05, 0) is 43.7 Å². The molecular weight excluding hydrogens is 465 g/mol. The molecule has 2 aliphatic rings. The lowest BCUT2D eigenvalue weighted by atomic mass is 9.92. The molecule has 0 bridgehead atoms. The lowest BCUT2D eigenvalue weighted by Crippen LogP contribution is -2.36. The zero-order valence-electron chi connectivity index (χ0n) is 18.3. The van der Waals surface area contributed by atoms with Gasteiger partial charge in [-0.3, -0.25) is 9.78 Å². The van der Waals surface area contributed by atoms with Gasteiger partial charge >= 0.3 is 0 Å². The third kappa shape index (κ3) is 5.72. The minimum Gasteiger partial charge on any atom is -0.445 e. The molecule has 4 heterocycles. The van der Waals surface area contributed by atoms with Crippen molar-refractivity contribution in [2.24, 2.45) is 5.73 Å². The van der Waals surface area contributed by atoms with E-state index in [0.29, 0.717) is 37.5 Å². The summed E-state index contributed by atoms with van der Waals surface area (Å²) >= 11 is 0. The van der Waals surface area contributed by atoms with Gasteiger partial charge in [0.1, 0.15) is 11.5 Å². The minimum atomic E-state index is -0.107. The highest BCUT2D eigenvalue weighted by Crippen LogP contribution is 2.27. The Bertz CT molecular complexity index is 1050. The number of carbonyl (C=O) groups is 1. The van der Waals surface area contributed by atoms with Crippen LogP contribution in [0.1, 0.15) is 65.1 Å². The topological polar surface area (TPSA) is 116 Å². The van der Waals surface area contributed by atoms with Gasteiger partial charge in [-0.25, -0.2) is 9.67 Å². The molecule has 11 heteroatoms. The number of carbonyl (C=O) groups excluding carboxylic acids is 1. The number of rotatable bonds is 5. The summed E-state index contributed by atoms with van der Waals surface area (Å²) in [6, 6.07) is 4.53. The number of pyridine rings is 1. The largest absolute Gasteiger partial charge is 0.445 e. The maximum atomic E-state index is 13.0. The van der Waals surface area contributed by atoms with Crippen LogP contribution < -0.4 is 5.73 Å². The molecule has 3 aromatic heterocycles. The van der Waals surface area contributed by atoms with E-state index in [1.807, 2.05) is 23.0 Å². The molecule has 33 heavy (non-hydrogen) atoms. The highest BCUT2D eigenvalue weighted by Gasteiger charge is 2.28. The van der Waals surface area contributed by atoms with Crippen LogP contribution in [0.15, 0.2) is 35.1 Å². The first kappa shape index (κ1) is 25.1. The summed E-state index contributed by atoms with van der Waals surface area (Å²) in [6.45, 7) is 1.03. The summed E-state index contributed by atoms with van der Waals surface area (Å²) in [7, 11) is 0. The second-order valence-corrected chi connectivity index (χ2v) is 8.47. The van der Waals surface area contributed by atoms with Crippen molar-refractivity contribution in [2.75, 3.05) is 6.54 Å². The molecule has 0 atom stereocenters. The molecule has 1 amide bonds. The van der Waals surface area contributed by atoms with Crippen LogP contribution in [-0.2, 0) is 25.8 Å². The van der Waals surface area contributed by atoms with Crippen molar-refractivity contribution in [3.05, 3.63) is 59.3 Å². The van der Waals surface area contributed by atoms with Gasteiger partial charge in [0.15, 0.2) is 11.6 Å². The van der Waals surface area contributed by atoms with Crippen LogP contribution in [-0.4, -0.2) is 48.4 Å². The fraction of sp³-hybridized carbons (Fsp3) is 0.500. The van der Waals surface area contributed by atoms with Crippen LogP contribution in [0, 0.1) is 0 Å². The Kier molecular flexibility index (Phi) is 8.45. The second-order valence-electron chi connectivity index (χ2n) is 8.47. The molecule has 0 unspecified atom stereocenters. The molecule has 5 rings (SSSR count). The molecule has 2 N–H and O–H groups in total. The summed E-state index contributed by atoms with van der Waals surface area (Å²) in [4.78, 5) is 23.6. The predicted molar refractivity (Wildman–Crippen MR) is 127 cm³/mol. The van der Waals surface area contributed by atoms with Gasteiger partial charge in [0.2, 0.25) is 0 Å². The molecule has 3 aromatic rings. The average Bonchev–Trinajstić information content (AvgIpc) is 3.45. The molecule has 9 nitrogen and oxygen atoms in total. The maximum absolute atomic E-state index is 13.0. The quantitative estimate of drug-likeness (QED) is 0.580. The summed E-state index contributed by atoms with van der Waals surface area (Å²) in [6.07, 6.45) is 11.5. The Morgan fingerprint density at radius 3 is 2.76 bits per heavy atom. The molecule has 1 fully saturated rings. The van der Waals surface area contributed by atoms with E-state index in [9.17, 15) is 4.79 Å². The van der Waals surface area contributed by atoms with E-state index in [1.165, 1.54) is 0 Å². The first-order valence-electron chi connectivity index (χ1n) is 11.0. The van der Waals surface area contributed by atoms with Gasteiger partial charge in [-0.15, -0.1) is 29.9 Å².